The summed E-state index contributed by atoms with van der Waals surface area (Å²) in [6.07, 6.45) is 6.92. The van der Waals surface area contributed by atoms with Crippen molar-refractivity contribution >= 4 is 12.3 Å². The molecule has 4 aliphatic rings. The summed E-state index contributed by atoms with van der Waals surface area (Å²) in [5, 5.41) is 11.9. The van der Waals surface area contributed by atoms with Crippen molar-refractivity contribution in [2.75, 3.05) is 13.1 Å². The number of fused-ring (bicyclic) bond motifs is 3. The first-order valence-electron chi connectivity index (χ1n) is 9.69. The molecule has 2 unspecified atom stereocenters. The Morgan fingerprint density at radius 2 is 2.18 bits per heavy atom. The molecule has 0 radical (unpaired) electrons. The number of ether oxygens (including phenoxy) is 1. The maximum atomic E-state index is 13.0. The first kappa shape index (κ1) is 17.6. The zero-order chi connectivity index (χ0) is 19.5. The van der Waals surface area contributed by atoms with Crippen molar-refractivity contribution < 1.29 is 18.3 Å². The van der Waals surface area contributed by atoms with Gasteiger partial charge >= 0.3 is 6.09 Å². The van der Waals surface area contributed by atoms with Gasteiger partial charge in [0.25, 0.3) is 5.92 Å². The van der Waals surface area contributed by atoms with Crippen molar-refractivity contribution in [3.05, 3.63) is 23.9 Å². The second kappa shape index (κ2) is 6.25. The first-order valence-corrected chi connectivity index (χ1v) is 9.69. The molecule has 1 amide bonds. The minimum Gasteiger partial charge on any atom is -0.446 e. The molecular weight excluding hydrogens is 370 g/mol. The number of aromatic nitrogens is 3. The molecule has 8 nitrogen and oxygen atoms in total. The van der Waals surface area contributed by atoms with E-state index in [0.717, 1.165) is 23.0 Å². The van der Waals surface area contributed by atoms with Crippen LogP contribution in [-0.2, 0) is 4.74 Å². The molecule has 1 aromatic rings. The Morgan fingerprint density at radius 1 is 1.36 bits per heavy atom. The van der Waals surface area contributed by atoms with E-state index in [9.17, 15) is 13.6 Å². The number of alkyl halides is 2. The van der Waals surface area contributed by atoms with Gasteiger partial charge in [-0.3, -0.25) is 14.5 Å². The summed E-state index contributed by atoms with van der Waals surface area (Å²) in [6.45, 7) is 0.990. The zero-order valence-corrected chi connectivity index (χ0v) is 15.5. The number of nitrogens with zero attached hydrogens (tertiary/aromatic N) is 5. The number of rotatable bonds is 3. The maximum absolute atomic E-state index is 13.0. The Labute approximate surface area is 160 Å². The summed E-state index contributed by atoms with van der Waals surface area (Å²) in [5.74, 6) is -0.791. The van der Waals surface area contributed by atoms with E-state index in [1.165, 1.54) is 0 Å². The Hall–Kier alpha value is -2.52. The second-order valence-corrected chi connectivity index (χ2v) is 7.99. The number of hydrogen-bond donors (Lipinski definition) is 1. The quantitative estimate of drug-likeness (QED) is 0.851. The third-order valence-electron chi connectivity index (χ3n) is 6.16. The highest BCUT2D eigenvalue weighted by atomic mass is 19.3. The highest BCUT2D eigenvalue weighted by molar-refractivity contribution is 5.76. The summed E-state index contributed by atoms with van der Waals surface area (Å²) < 4.78 is 33.7. The molecule has 3 aliphatic heterocycles. The largest absolute Gasteiger partial charge is 0.446 e. The molecule has 5 rings (SSSR count). The maximum Gasteiger partial charge on any atom is 0.410 e. The Morgan fingerprint density at radius 3 is 2.93 bits per heavy atom. The van der Waals surface area contributed by atoms with E-state index in [1.807, 2.05) is 6.20 Å². The fourth-order valence-corrected chi connectivity index (χ4v) is 4.72. The van der Waals surface area contributed by atoms with Gasteiger partial charge in [-0.15, -0.1) is 10.2 Å². The van der Waals surface area contributed by atoms with Gasteiger partial charge in [-0.2, -0.15) is 0 Å². The standard InChI is InChI=1S/C18H22F2N6O2/c1-2-10-5-11(28-17(27)25-8-18(19,20)9-25)6-12(10)16-24-23-14-7-22-15-13(26(14)16)3-4-21-15/h3-4,7,10-13,15,21H,2,5-6,8-9H2,1H3/t10-,11+,12+,13?,15?/m1/s1. The van der Waals surface area contributed by atoms with E-state index >= 15 is 0 Å². The summed E-state index contributed by atoms with van der Waals surface area (Å²) in [4.78, 5) is 17.7. The lowest BCUT2D eigenvalue weighted by Gasteiger charge is -2.38. The van der Waals surface area contributed by atoms with Gasteiger partial charge in [-0.1, -0.05) is 13.3 Å². The number of carbonyl (C=O) groups excluding carboxylic acids is 1. The molecule has 0 spiro atoms. The summed E-state index contributed by atoms with van der Waals surface area (Å²) in [6, 6.07) is 0.0347. The molecule has 2 fully saturated rings. The highest BCUT2D eigenvalue weighted by Crippen LogP contribution is 2.44. The number of carbonyl (C=O) groups is 1. The summed E-state index contributed by atoms with van der Waals surface area (Å²) >= 11 is 0. The molecule has 1 aliphatic carbocycles. The van der Waals surface area contributed by atoms with Crippen LogP contribution in [0.2, 0.25) is 0 Å². The van der Waals surface area contributed by atoms with Crippen LogP contribution in [0, 0.1) is 5.92 Å². The molecule has 150 valence electrons. The van der Waals surface area contributed by atoms with E-state index in [-0.39, 0.29) is 24.2 Å². The molecule has 10 heteroatoms. The number of aliphatic imine (C=N–C) groups is 1. The first-order chi connectivity index (χ1) is 13.4. The van der Waals surface area contributed by atoms with E-state index in [4.69, 9.17) is 4.74 Å². The SMILES string of the molecule is CC[C@@H]1C[C@H](OC(=O)N2CC(F)(F)C2)C[C@@H]1c1nnc2n1C1C=CNC1N=C2. The number of likely N-dealkylation sites (tertiary alicyclic amines) is 1. The lowest BCUT2D eigenvalue weighted by molar-refractivity contribution is -0.122. The number of hydrogen-bond acceptors (Lipinski definition) is 6. The molecule has 1 saturated carbocycles. The lowest BCUT2D eigenvalue weighted by atomic mass is 9.92. The predicted molar refractivity (Wildman–Crippen MR) is 95.3 cm³/mol. The third kappa shape index (κ3) is 2.77. The van der Waals surface area contributed by atoms with E-state index in [1.54, 1.807) is 6.21 Å². The zero-order valence-electron chi connectivity index (χ0n) is 15.5. The van der Waals surface area contributed by atoms with Crippen LogP contribution in [0.5, 0.6) is 0 Å². The molecule has 4 heterocycles. The van der Waals surface area contributed by atoms with Gasteiger partial charge in [-0.25, -0.2) is 13.6 Å². The number of amides is 1. The predicted octanol–water partition coefficient (Wildman–Crippen LogP) is 2.05. The van der Waals surface area contributed by atoms with Crippen LogP contribution in [0.25, 0.3) is 0 Å². The van der Waals surface area contributed by atoms with Gasteiger partial charge < -0.3 is 10.1 Å². The van der Waals surface area contributed by atoms with E-state index in [0.29, 0.717) is 18.8 Å². The van der Waals surface area contributed by atoms with Crippen LogP contribution in [-0.4, -0.2) is 63.3 Å². The van der Waals surface area contributed by atoms with Crippen LogP contribution in [0.4, 0.5) is 13.6 Å². The van der Waals surface area contributed by atoms with Gasteiger partial charge in [-0.05, 0) is 31.0 Å². The van der Waals surface area contributed by atoms with Crippen LogP contribution in [0.15, 0.2) is 17.3 Å². The van der Waals surface area contributed by atoms with Crippen molar-refractivity contribution in [2.45, 2.75) is 56.3 Å². The third-order valence-corrected chi connectivity index (χ3v) is 6.16. The fourth-order valence-electron chi connectivity index (χ4n) is 4.72. The van der Waals surface area contributed by atoms with Gasteiger partial charge in [0.2, 0.25) is 0 Å². The van der Waals surface area contributed by atoms with Gasteiger partial charge in [0.15, 0.2) is 5.82 Å². The summed E-state index contributed by atoms with van der Waals surface area (Å²) in [7, 11) is 0. The normalized spacial score (nSPS) is 34.5. The van der Waals surface area contributed by atoms with Gasteiger partial charge in [0, 0.05) is 5.92 Å². The van der Waals surface area contributed by atoms with Crippen molar-refractivity contribution in [3.63, 3.8) is 0 Å². The molecule has 1 aromatic heterocycles. The van der Waals surface area contributed by atoms with Crippen molar-refractivity contribution in [2.24, 2.45) is 10.9 Å². The molecule has 1 saturated heterocycles. The van der Waals surface area contributed by atoms with Crippen molar-refractivity contribution in [3.8, 4) is 0 Å². The van der Waals surface area contributed by atoms with Crippen molar-refractivity contribution in [1.29, 1.82) is 0 Å². The topological polar surface area (TPSA) is 84.6 Å². The molecule has 5 atom stereocenters. The lowest BCUT2D eigenvalue weighted by Crippen LogP contribution is -2.58. The molecular formula is C18H22F2N6O2. The number of halogens is 2. The van der Waals surface area contributed by atoms with Crippen LogP contribution >= 0.6 is 0 Å². The minimum absolute atomic E-state index is 0.0347. The Balaban J connectivity index is 1.33. The van der Waals surface area contributed by atoms with Gasteiger partial charge in [0.1, 0.15) is 18.1 Å². The van der Waals surface area contributed by atoms with Gasteiger partial charge in [0.05, 0.1) is 25.3 Å². The monoisotopic (exact) mass is 392 g/mol. The van der Waals surface area contributed by atoms with Crippen LogP contribution in [0.3, 0.4) is 0 Å². The second-order valence-electron chi connectivity index (χ2n) is 7.99. The molecule has 28 heavy (non-hydrogen) atoms. The molecule has 0 bridgehead atoms. The summed E-state index contributed by atoms with van der Waals surface area (Å²) in [5.41, 5.74) is 0. The van der Waals surface area contributed by atoms with E-state index in [2.05, 4.69) is 38.1 Å². The fraction of sp³-hybridized carbons (Fsp3) is 0.667. The molecule has 0 aromatic carbocycles. The van der Waals surface area contributed by atoms with E-state index < -0.39 is 25.1 Å². The average molecular weight is 392 g/mol. The van der Waals surface area contributed by atoms with Crippen LogP contribution < -0.4 is 5.32 Å². The number of nitrogens with one attached hydrogen (secondary N) is 1. The highest BCUT2D eigenvalue weighted by Gasteiger charge is 2.48. The Kier molecular flexibility index (Phi) is 3.92. The molecule has 1 N–H and O–H groups in total. The minimum atomic E-state index is -2.79. The Bertz CT molecular complexity index is 845. The smallest absolute Gasteiger partial charge is 0.410 e. The average Bonchev–Trinajstić information content (AvgIpc) is 3.35. The van der Waals surface area contributed by atoms with Crippen LogP contribution in [0.1, 0.15) is 49.8 Å². The van der Waals surface area contributed by atoms with Crippen molar-refractivity contribution in [1.82, 2.24) is 25.0 Å².